The summed E-state index contributed by atoms with van der Waals surface area (Å²) in [5.74, 6) is 1.000. The van der Waals surface area contributed by atoms with Gasteiger partial charge in [-0.1, -0.05) is 0 Å². The van der Waals surface area contributed by atoms with Crippen LogP contribution in [0.1, 0.15) is 30.8 Å². The molecule has 450 valence electrons. The van der Waals surface area contributed by atoms with E-state index in [1.54, 1.807) is 36.5 Å². The highest BCUT2D eigenvalue weighted by atomic mass is 16.6. The van der Waals surface area contributed by atoms with Gasteiger partial charge in [0.1, 0.15) is 40.8 Å². The van der Waals surface area contributed by atoms with E-state index in [0.29, 0.717) is 46.3 Å². The SMILES string of the molecule is CC(=O)O.COc1cc(N)ccc1-n1cnc(C)c1.COc1cc([N+](=O)[O-])ccc1-n1cnc(C)c1.COc1cc([N+](=O)[O-])ccc1CC=O.COc1cc([N+](=O)[O-])ccc1N.COc1cc([N+](=O)[O-])ccc1N(C=O)CC(C)=O.N.O=CO. The molecule has 0 aliphatic rings. The predicted molar refractivity (Wildman–Crippen MR) is 305 cm³/mol. The molecule has 1 amide bonds. The number of aliphatic carboxylic acids is 1. The summed E-state index contributed by atoms with van der Waals surface area (Å²) >= 11 is 0. The van der Waals surface area contributed by atoms with Gasteiger partial charge in [-0.05, 0) is 57.2 Å². The molecular formula is C52H62N12O20. The van der Waals surface area contributed by atoms with Crippen LogP contribution in [0.5, 0.6) is 28.7 Å². The first-order valence-electron chi connectivity index (χ1n) is 23.2. The van der Waals surface area contributed by atoms with Crippen LogP contribution in [0.3, 0.4) is 0 Å². The van der Waals surface area contributed by atoms with Crippen molar-refractivity contribution < 1.29 is 77.6 Å². The van der Waals surface area contributed by atoms with Gasteiger partial charge in [0.2, 0.25) is 6.41 Å². The van der Waals surface area contributed by atoms with Crippen LogP contribution in [-0.4, -0.2) is 122 Å². The highest BCUT2D eigenvalue weighted by molar-refractivity contribution is 5.90. The molecule has 84 heavy (non-hydrogen) atoms. The Morgan fingerprint density at radius 3 is 1.35 bits per heavy atom. The van der Waals surface area contributed by atoms with Crippen molar-refractivity contribution in [1.29, 1.82) is 0 Å². The Bertz CT molecular complexity index is 3330. The summed E-state index contributed by atoms with van der Waals surface area (Å²) < 4.78 is 28.8. The molecule has 7 aromatic rings. The standard InChI is InChI=1S/C11H11N3O3.C11H13N3O.C11H12N2O5.C9H9NO4.C7H8N2O3.C2H4O2.CH2O2.H3N/c1-8-6-13(7-12-8)10-4-3-9(14(15)16)5-11(10)17-2;1-8-6-14(7-13-8)10-4-3-9(12)5-11(10)15-2;1-8(15)6-12(7-14)10-4-3-9(13(16)17)5-11(10)18-2;1-14-9-6-8(10(12)13)3-2-7(9)4-5-11;1-12-7-4-5(9(10)11)2-3-6(7)8;1-2(3)4;2-1-3;/h3-7H,1-2H3;3-7H,12H2,1-2H3;3-5,7H,6H2,1-2H3;2-3,5-6H,4H2,1H3;2-4H,8H2,1H3;1H3,(H,3,4);1H,(H,2,3);1H3. The van der Waals surface area contributed by atoms with E-state index in [0.717, 1.165) is 46.6 Å². The molecule has 7 rings (SSSR count). The zero-order valence-corrected chi connectivity index (χ0v) is 46.7. The maximum absolute atomic E-state index is 11.0. The number of rotatable bonds is 17. The number of ether oxygens (including phenoxy) is 5. The first-order valence-corrected chi connectivity index (χ1v) is 23.2. The molecule has 0 atom stereocenters. The van der Waals surface area contributed by atoms with E-state index < -0.39 is 25.7 Å². The van der Waals surface area contributed by atoms with Crippen molar-refractivity contribution in [3.8, 4) is 40.1 Å². The number of carboxylic acids is 1. The van der Waals surface area contributed by atoms with Crippen LogP contribution in [-0.2, 0) is 30.4 Å². The number of anilines is 3. The van der Waals surface area contributed by atoms with Gasteiger partial charge in [0.15, 0.2) is 0 Å². The first-order chi connectivity index (χ1) is 39.3. The number of hydrogen-bond acceptors (Lipinski definition) is 23. The maximum atomic E-state index is 11.0. The van der Waals surface area contributed by atoms with Gasteiger partial charge < -0.3 is 70.3 Å². The third-order valence-electron chi connectivity index (χ3n) is 9.97. The van der Waals surface area contributed by atoms with Crippen molar-refractivity contribution in [3.63, 3.8) is 0 Å². The number of carboxylic acid groups (broad SMARTS) is 2. The fourth-order valence-electron chi connectivity index (χ4n) is 6.36. The van der Waals surface area contributed by atoms with Crippen LogP contribution >= 0.6 is 0 Å². The summed E-state index contributed by atoms with van der Waals surface area (Å²) in [6.07, 6.45) is 8.55. The highest BCUT2D eigenvalue weighted by Crippen LogP contribution is 2.32. The van der Waals surface area contributed by atoms with Gasteiger partial charge in [0, 0.05) is 67.3 Å². The normalized spacial score (nSPS) is 9.35. The molecule has 5 aromatic carbocycles. The quantitative estimate of drug-likeness (QED) is 0.0255. The largest absolute Gasteiger partial charge is 0.496 e. The van der Waals surface area contributed by atoms with E-state index in [9.17, 15) is 54.8 Å². The Labute approximate surface area is 478 Å². The number of carbonyl (C=O) groups is 5. The first kappa shape index (κ1) is 72.4. The number of nitrogens with two attached hydrogens (primary N) is 2. The lowest BCUT2D eigenvalue weighted by Gasteiger charge is -2.18. The van der Waals surface area contributed by atoms with Crippen LogP contribution in [0.15, 0.2) is 116 Å². The molecule has 2 aromatic heterocycles. The molecule has 2 heterocycles. The maximum Gasteiger partial charge on any atom is 0.300 e. The number of hydrogen-bond donors (Lipinski definition) is 5. The third kappa shape index (κ3) is 24.2. The minimum atomic E-state index is -0.833. The lowest BCUT2D eigenvalue weighted by atomic mass is 10.1. The van der Waals surface area contributed by atoms with E-state index in [2.05, 4.69) is 9.97 Å². The zero-order valence-electron chi connectivity index (χ0n) is 46.7. The number of Topliss-reactive ketones (excluding diaryl/α,β-unsaturated/α-hetero) is 1. The van der Waals surface area contributed by atoms with Crippen molar-refractivity contribution in [2.45, 2.75) is 34.1 Å². The van der Waals surface area contributed by atoms with Gasteiger partial charge in [0.25, 0.3) is 35.2 Å². The Morgan fingerprint density at radius 1 is 0.595 bits per heavy atom. The predicted octanol–water partition coefficient (Wildman–Crippen LogP) is 7.51. The average Bonchev–Trinajstić information content (AvgIpc) is 4.12. The van der Waals surface area contributed by atoms with Gasteiger partial charge in [-0.3, -0.25) is 59.6 Å². The van der Waals surface area contributed by atoms with Crippen LogP contribution in [0, 0.1) is 54.3 Å². The lowest BCUT2D eigenvalue weighted by molar-refractivity contribution is -0.385. The topological polar surface area (TPSA) is 470 Å². The van der Waals surface area contributed by atoms with E-state index in [-0.39, 0.29) is 59.9 Å². The van der Waals surface area contributed by atoms with Gasteiger partial charge in [-0.15, -0.1) is 0 Å². The molecule has 0 saturated carbocycles. The molecule has 0 saturated heterocycles. The number of benzene rings is 5. The monoisotopic (exact) mass is 1170 g/mol. The third-order valence-corrected chi connectivity index (χ3v) is 9.97. The number of nitrogen functional groups attached to an aromatic ring is 2. The highest BCUT2D eigenvalue weighted by Gasteiger charge is 2.18. The van der Waals surface area contributed by atoms with Crippen molar-refractivity contribution in [2.75, 3.05) is 58.5 Å². The Hall–Kier alpha value is -11.6. The number of aromatic nitrogens is 4. The fourth-order valence-corrected chi connectivity index (χ4v) is 6.36. The minimum absolute atomic E-state index is 0. The molecule has 0 aliphatic heterocycles. The van der Waals surface area contributed by atoms with Crippen molar-refractivity contribution >= 4 is 70.7 Å². The molecule has 32 nitrogen and oxygen atoms in total. The van der Waals surface area contributed by atoms with Crippen LogP contribution in [0.25, 0.3) is 11.4 Å². The summed E-state index contributed by atoms with van der Waals surface area (Å²) in [4.78, 5) is 98.9. The second kappa shape index (κ2) is 37.3. The molecular weight excluding hydrogens is 1110 g/mol. The van der Waals surface area contributed by atoms with E-state index in [4.69, 9.17) is 55.0 Å². The molecule has 32 heteroatoms. The number of nitrogens with zero attached hydrogens (tertiary/aromatic N) is 9. The fraction of sp³-hybridized carbons (Fsp3) is 0.212. The number of nitro groups is 4. The molecule has 0 radical (unpaired) electrons. The molecule has 0 unspecified atom stereocenters. The summed E-state index contributed by atoms with van der Waals surface area (Å²) in [5, 5.41) is 56.3. The summed E-state index contributed by atoms with van der Waals surface area (Å²) in [6, 6.07) is 22.1. The van der Waals surface area contributed by atoms with E-state index >= 15 is 0 Å². The van der Waals surface area contributed by atoms with Gasteiger partial charge in [-0.25, -0.2) is 9.97 Å². The van der Waals surface area contributed by atoms with Crippen molar-refractivity contribution in [1.82, 2.24) is 25.3 Å². The second-order valence-corrected chi connectivity index (χ2v) is 15.9. The molecule has 0 bridgehead atoms. The number of nitro benzene ring substituents is 4. The minimum Gasteiger partial charge on any atom is -0.496 e. The Kier molecular flexibility index (Phi) is 32.2. The molecule has 9 N–H and O–H groups in total. The van der Waals surface area contributed by atoms with Crippen LogP contribution < -0.4 is 46.2 Å². The lowest BCUT2D eigenvalue weighted by Crippen LogP contribution is -2.27. The average molecular weight is 1180 g/mol. The number of aldehydes is 1. The number of carbonyl (C=O) groups excluding carboxylic acids is 3. The number of aryl methyl sites for hydroxylation is 2. The number of methoxy groups -OCH3 is 5. The van der Waals surface area contributed by atoms with Crippen molar-refractivity contribution in [2.24, 2.45) is 0 Å². The van der Waals surface area contributed by atoms with Crippen LogP contribution in [0.2, 0.25) is 0 Å². The van der Waals surface area contributed by atoms with E-state index in [1.807, 2.05) is 42.9 Å². The second-order valence-electron chi connectivity index (χ2n) is 15.9. The summed E-state index contributed by atoms with van der Waals surface area (Å²) in [5.41, 5.74) is 16.4. The van der Waals surface area contributed by atoms with E-state index in [1.165, 1.54) is 102 Å². The number of imidazole rings is 2. The number of ketones is 1. The molecule has 0 fully saturated rings. The molecule has 0 spiro atoms. The van der Waals surface area contributed by atoms with Gasteiger partial charge in [-0.2, -0.15) is 0 Å². The van der Waals surface area contributed by atoms with Gasteiger partial charge in [0.05, 0.1) is 133 Å². The molecule has 0 aliphatic carbocycles. The van der Waals surface area contributed by atoms with Gasteiger partial charge >= 0.3 is 0 Å². The number of non-ortho nitro benzene ring substituents is 4. The Morgan fingerprint density at radius 2 is 0.964 bits per heavy atom. The number of amides is 1. The van der Waals surface area contributed by atoms with Crippen LogP contribution in [0.4, 0.5) is 39.8 Å². The Balaban J connectivity index is 0.000000998. The summed E-state index contributed by atoms with van der Waals surface area (Å²) in [7, 11) is 7.26. The summed E-state index contributed by atoms with van der Waals surface area (Å²) in [6.45, 7) is 5.88. The zero-order chi connectivity index (χ0) is 62.9. The van der Waals surface area contributed by atoms with Crippen molar-refractivity contribution in [3.05, 3.63) is 173 Å². The smallest absolute Gasteiger partial charge is 0.300 e.